The molecule has 0 saturated carbocycles. The lowest BCUT2D eigenvalue weighted by Crippen LogP contribution is -2.15. The van der Waals surface area contributed by atoms with Gasteiger partial charge in [-0.25, -0.2) is 0 Å². The van der Waals surface area contributed by atoms with Crippen molar-refractivity contribution in [3.05, 3.63) is 68.2 Å². The first-order valence-corrected chi connectivity index (χ1v) is 7.13. The predicted octanol–water partition coefficient (Wildman–Crippen LogP) is 3.61. The first kappa shape index (κ1) is 15.5. The molecule has 1 atom stereocenters. The number of halogens is 1. The van der Waals surface area contributed by atoms with Gasteiger partial charge >= 0.3 is 0 Å². The van der Waals surface area contributed by atoms with Crippen LogP contribution in [0, 0.1) is 10.1 Å². The average molecular weight is 351 g/mol. The number of hydrogen-bond donors (Lipinski definition) is 1. The number of nitro groups is 1. The van der Waals surface area contributed by atoms with Gasteiger partial charge in [0.15, 0.2) is 0 Å². The maximum absolute atomic E-state index is 11.0. The molecule has 5 nitrogen and oxygen atoms in total. The van der Waals surface area contributed by atoms with Crippen LogP contribution in [0.2, 0.25) is 0 Å². The molecule has 21 heavy (non-hydrogen) atoms. The summed E-state index contributed by atoms with van der Waals surface area (Å²) in [6.07, 6.45) is 0.370. The fourth-order valence-corrected chi connectivity index (χ4v) is 2.54. The maximum atomic E-state index is 11.0. The number of benzene rings is 2. The lowest BCUT2D eigenvalue weighted by Gasteiger charge is -2.16. The van der Waals surface area contributed by atoms with E-state index in [2.05, 4.69) is 15.9 Å². The number of methoxy groups -OCH3 is 1. The predicted molar refractivity (Wildman–Crippen MR) is 84.4 cm³/mol. The van der Waals surface area contributed by atoms with Crippen molar-refractivity contribution in [2.75, 3.05) is 7.11 Å². The van der Waals surface area contributed by atoms with Crippen molar-refractivity contribution in [3.63, 3.8) is 0 Å². The highest BCUT2D eigenvalue weighted by Gasteiger charge is 2.18. The second kappa shape index (κ2) is 6.69. The van der Waals surface area contributed by atoms with Gasteiger partial charge in [-0.1, -0.05) is 40.2 Å². The van der Waals surface area contributed by atoms with E-state index in [1.807, 2.05) is 18.2 Å². The van der Waals surface area contributed by atoms with E-state index in [0.29, 0.717) is 17.7 Å². The van der Waals surface area contributed by atoms with E-state index in [9.17, 15) is 10.1 Å². The Morgan fingerprint density at radius 1 is 1.33 bits per heavy atom. The van der Waals surface area contributed by atoms with Crippen molar-refractivity contribution in [1.82, 2.24) is 0 Å². The summed E-state index contributed by atoms with van der Waals surface area (Å²) < 4.78 is 6.21. The number of rotatable bonds is 5. The number of para-hydroxylation sites is 1. The summed E-state index contributed by atoms with van der Waals surface area (Å²) in [6, 6.07) is 11.8. The minimum absolute atomic E-state index is 0.0871. The Kier molecular flexibility index (Phi) is 4.93. The molecule has 0 saturated heterocycles. The van der Waals surface area contributed by atoms with Crippen molar-refractivity contribution in [3.8, 4) is 5.75 Å². The smallest absolute Gasteiger partial charge is 0.272 e. The Hall–Kier alpha value is -1.92. The quantitative estimate of drug-likeness (QED) is 0.659. The van der Waals surface area contributed by atoms with Crippen LogP contribution in [-0.2, 0) is 6.42 Å². The van der Waals surface area contributed by atoms with Crippen LogP contribution in [0.15, 0.2) is 46.9 Å². The topological polar surface area (TPSA) is 78.4 Å². The Bertz CT molecular complexity index is 661. The zero-order valence-corrected chi connectivity index (χ0v) is 13.0. The zero-order valence-electron chi connectivity index (χ0n) is 11.5. The molecular formula is C15H15BrN2O3. The minimum Gasteiger partial charge on any atom is -0.496 e. The van der Waals surface area contributed by atoms with E-state index in [1.54, 1.807) is 25.3 Å². The highest BCUT2D eigenvalue weighted by molar-refractivity contribution is 9.10. The second-order valence-corrected chi connectivity index (χ2v) is 5.50. The molecule has 2 rings (SSSR count). The highest BCUT2D eigenvalue weighted by Crippen LogP contribution is 2.31. The standard InChI is InChI=1S/C15H15BrN2O3/c1-21-15-9-11(16)6-7-12(15)13(17)8-10-4-2-3-5-14(10)18(19)20/h2-7,9,13H,8,17H2,1H3. The fraction of sp³-hybridized carbons (Fsp3) is 0.200. The van der Waals surface area contributed by atoms with Gasteiger partial charge in [-0.2, -0.15) is 0 Å². The van der Waals surface area contributed by atoms with Crippen LogP contribution < -0.4 is 10.5 Å². The third kappa shape index (κ3) is 3.59. The Morgan fingerprint density at radius 3 is 2.71 bits per heavy atom. The molecule has 1 unspecified atom stereocenters. The van der Waals surface area contributed by atoms with Gasteiger partial charge in [0.25, 0.3) is 5.69 Å². The SMILES string of the molecule is COc1cc(Br)ccc1C(N)Cc1ccccc1[N+](=O)[O-]. The summed E-state index contributed by atoms with van der Waals surface area (Å²) in [4.78, 5) is 10.7. The molecule has 0 aliphatic rings. The Balaban J connectivity index is 2.30. The number of nitrogens with zero attached hydrogens (tertiary/aromatic N) is 1. The summed E-state index contributed by atoms with van der Waals surface area (Å²) >= 11 is 3.37. The third-order valence-corrected chi connectivity index (χ3v) is 3.72. The third-order valence-electron chi connectivity index (χ3n) is 3.22. The molecule has 0 aliphatic heterocycles. The van der Waals surface area contributed by atoms with Crippen molar-refractivity contribution in [2.45, 2.75) is 12.5 Å². The molecule has 0 amide bonds. The molecule has 2 aromatic rings. The molecule has 0 fully saturated rings. The van der Waals surface area contributed by atoms with Gasteiger partial charge in [0.05, 0.1) is 12.0 Å². The first-order chi connectivity index (χ1) is 10.0. The maximum Gasteiger partial charge on any atom is 0.272 e. The average Bonchev–Trinajstić information content (AvgIpc) is 2.47. The number of nitro benzene ring substituents is 1. The van der Waals surface area contributed by atoms with Crippen molar-refractivity contribution >= 4 is 21.6 Å². The first-order valence-electron chi connectivity index (χ1n) is 6.34. The van der Waals surface area contributed by atoms with E-state index in [1.165, 1.54) is 6.07 Å². The molecule has 6 heteroatoms. The summed E-state index contributed by atoms with van der Waals surface area (Å²) in [5.41, 5.74) is 7.72. The lowest BCUT2D eigenvalue weighted by atomic mass is 9.98. The van der Waals surface area contributed by atoms with Gasteiger partial charge in [-0.15, -0.1) is 0 Å². The Morgan fingerprint density at radius 2 is 2.05 bits per heavy atom. The number of hydrogen-bond acceptors (Lipinski definition) is 4. The van der Waals surface area contributed by atoms with Gasteiger partial charge in [0.1, 0.15) is 5.75 Å². The Labute approximate surface area is 131 Å². The molecular weight excluding hydrogens is 336 g/mol. The highest BCUT2D eigenvalue weighted by atomic mass is 79.9. The van der Waals surface area contributed by atoms with Crippen molar-refractivity contribution in [2.24, 2.45) is 5.73 Å². The van der Waals surface area contributed by atoms with E-state index in [0.717, 1.165) is 10.0 Å². The molecule has 0 bridgehead atoms. The zero-order chi connectivity index (χ0) is 15.4. The molecule has 0 aliphatic carbocycles. The normalized spacial score (nSPS) is 12.0. The molecule has 0 spiro atoms. The van der Waals surface area contributed by atoms with Crippen LogP contribution in [0.25, 0.3) is 0 Å². The van der Waals surface area contributed by atoms with Crippen LogP contribution in [-0.4, -0.2) is 12.0 Å². The van der Waals surface area contributed by atoms with E-state index >= 15 is 0 Å². The molecule has 0 radical (unpaired) electrons. The summed E-state index contributed by atoms with van der Waals surface area (Å²) in [6.45, 7) is 0. The second-order valence-electron chi connectivity index (χ2n) is 4.58. The molecule has 0 aromatic heterocycles. The van der Waals surface area contributed by atoms with Gasteiger partial charge in [0.2, 0.25) is 0 Å². The molecule has 2 aromatic carbocycles. The molecule has 0 heterocycles. The van der Waals surface area contributed by atoms with Crippen LogP contribution in [0.5, 0.6) is 5.75 Å². The molecule has 2 N–H and O–H groups in total. The number of ether oxygens (including phenoxy) is 1. The summed E-state index contributed by atoms with van der Waals surface area (Å²) in [7, 11) is 1.57. The van der Waals surface area contributed by atoms with Gasteiger partial charge in [-0.05, 0) is 18.6 Å². The monoisotopic (exact) mass is 350 g/mol. The largest absolute Gasteiger partial charge is 0.496 e. The van der Waals surface area contributed by atoms with Crippen LogP contribution in [0.3, 0.4) is 0 Å². The number of nitrogens with two attached hydrogens (primary N) is 1. The summed E-state index contributed by atoms with van der Waals surface area (Å²) in [5, 5.41) is 11.0. The minimum atomic E-state index is -0.388. The van der Waals surface area contributed by atoms with Crippen LogP contribution in [0.4, 0.5) is 5.69 Å². The fourth-order valence-electron chi connectivity index (χ4n) is 2.20. The lowest BCUT2D eigenvalue weighted by molar-refractivity contribution is -0.385. The van der Waals surface area contributed by atoms with Gasteiger partial charge in [0, 0.05) is 27.7 Å². The van der Waals surface area contributed by atoms with E-state index in [4.69, 9.17) is 10.5 Å². The van der Waals surface area contributed by atoms with Gasteiger partial charge < -0.3 is 10.5 Å². The van der Waals surface area contributed by atoms with Crippen molar-refractivity contribution in [1.29, 1.82) is 0 Å². The van der Waals surface area contributed by atoms with Crippen LogP contribution in [0.1, 0.15) is 17.2 Å². The van der Waals surface area contributed by atoms with E-state index < -0.39 is 0 Å². The summed E-state index contributed by atoms with van der Waals surface area (Å²) in [5.74, 6) is 0.662. The van der Waals surface area contributed by atoms with E-state index in [-0.39, 0.29) is 16.7 Å². The molecule has 110 valence electrons. The van der Waals surface area contributed by atoms with Crippen molar-refractivity contribution < 1.29 is 9.66 Å². The van der Waals surface area contributed by atoms with Gasteiger partial charge in [-0.3, -0.25) is 10.1 Å². The van der Waals surface area contributed by atoms with Crippen LogP contribution >= 0.6 is 15.9 Å².